The molecule has 4 atom stereocenters. The normalized spacial score (nSPS) is 29.7. The molecule has 4 rings (SSSR count). The van der Waals surface area contributed by atoms with Crippen molar-refractivity contribution in [3.05, 3.63) is 36.5 Å². The van der Waals surface area contributed by atoms with E-state index in [0.29, 0.717) is 13.2 Å². The second kappa shape index (κ2) is 5.92. The molecule has 0 unspecified atom stereocenters. The summed E-state index contributed by atoms with van der Waals surface area (Å²) in [5, 5.41) is 8.42. The summed E-state index contributed by atoms with van der Waals surface area (Å²) >= 11 is 0. The van der Waals surface area contributed by atoms with E-state index >= 15 is 0 Å². The van der Waals surface area contributed by atoms with Gasteiger partial charge < -0.3 is 9.47 Å². The van der Waals surface area contributed by atoms with E-state index in [-0.39, 0.29) is 24.3 Å². The monoisotopic (exact) mass is 350 g/mol. The number of nitrogens with zero attached hydrogens (tertiary/aromatic N) is 3. The van der Waals surface area contributed by atoms with Crippen LogP contribution in [0, 0.1) is 0 Å². The second-order valence-electron chi connectivity index (χ2n) is 6.11. The van der Waals surface area contributed by atoms with Gasteiger partial charge in [0.25, 0.3) is 0 Å². The summed E-state index contributed by atoms with van der Waals surface area (Å²) in [6.07, 6.45) is 2.45. The van der Waals surface area contributed by atoms with Crippen molar-refractivity contribution in [3.8, 4) is 11.3 Å². The number of hydrogen-bond acceptors (Lipinski definition) is 6. The summed E-state index contributed by atoms with van der Waals surface area (Å²) in [5.41, 5.74) is 1.77. The van der Waals surface area contributed by atoms with Gasteiger partial charge in [-0.2, -0.15) is 0 Å². The minimum atomic E-state index is -3.31. The molecule has 0 aliphatic carbocycles. The molecule has 8 nitrogen and oxygen atoms in total. The highest BCUT2D eigenvalue weighted by Crippen LogP contribution is 2.34. The third-order valence-corrected chi connectivity index (χ3v) is 5.04. The molecule has 2 aromatic rings. The van der Waals surface area contributed by atoms with Gasteiger partial charge >= 0.3 is 0 Å². The smallest absolute Gasteiger partial charge is 0.209 e. The third-order valence-electron chi connectivity index (χ3n) is 4.31. The molecule has 128 valence electrons. The van der Waals surface area contributed by atoms with Crippen molar-refractivity contribution >= 4 is 10.0 Å². The summed E-state index contributed by atoms with van der Waals surface area (Å²) in [7, 11) is -3.31. The lowest BCUT2D eigenvalue weighted by Gasteiger charge is -2.16. The van der Waals surface area contributed by atoms with Crippen LogP contribution in [0.1, 0.15) is 6.04 Å². The average Bonchev–Trinajstić information content (AvgIpc) is 3.24. The molecular formula is C15H18N4O4S. The first-order valence-corrected chi connectivity index (χ1v) is 9.58. The van der Waals surface area contributed by atoms with Crippen LogP contribution < -0.4 is 4.72 Å². The molecule has 2 fully saturated rings. The largest absolute Gasteiger partial charge is 0.371 e. The van der Waals surface area contributed by atoms with Crippen LogP contribution in [0.3, 0.4) is 0 Å². The van der Waals surface area contributed by atoms with Crippen molar-refractivity contribution in [3.63, 3.8) is 0 Å². The van der Waals surface area contributed by atoms with Gasteiger partial charge in [0, 0.05) is 5.56 Å². The van der Waals surface area contributed by atoms with Crippen molar-refractivity contribution in [1.29, 1.82) is 0 Å². The lowest BCUT2D eigenvalue weighted by atomic mass is 10.1. The SMILES string of the molecule is CS(=O)(=O)N[C@H]1CO[C@H]2[C@@H]1OC[C@@H]2n1cc(-c2ccccc2)nn1. The van der Waals surface area contributed by atoms with Crippen LogP contribution in [-0.2, 0) is 19.5 Å². The van der Waals surface area contributed by atoms with Crippen LogP contribution in [0.25, 0.3) is 11.3 Å². The molecule has 3 heterocycles. The van der Waals surface area contributed by atoms with Gasteiger partial charge in [-0.15, -0.1) is 5.10 Å². The van der Waals surface area contributed by atoms with Crippen molar-refractivity contribution in [1.82, 2.24) is 19.7 Å². The number of fused-ring (bicyclic) bond motifs is 1. The zero-order chi connectivity index (χ0) is 16.7. The summed E-state index contributed by atoms with van der Waals surface area (Å²) < 4.78 is 38.7. The maximum absolute atomic E-state index is 11.4. The maximum atomic E-state index is 11.4. The maximum Gasteiger partial charge on any atom is 0.209 e. The molecule has 1 aromatic carbocycles. The number of benzene rings is 1. The Morgan fingerprint density at radius 1 is 1.17 bits per heavy atom. The molecule has 1 aromatic heterocycles. The van der Waals surface area contributed by atoms with E-state index in [1.807, 2.05) is 36.5 Å². The van der Waals surface area contributed by atoms with Crippen molar-refractivity contribution in [2.24, 2.45) is 0 Å². The van der Waals surface area contributed by atoms with Crippen LogP contribution in [0.15, 0.2) is 36.5 Å². The Morgan fingerprint density at radius 3 is 2.67 bits per heavy atom. The van der Waals surface area contributed by atoms with Crippen LogP contribution in [0.2, 0.25) is 0 Å². The van der Waals surface area contributed by atoms with E-state index in [9.17, 15) is 8.42 Å². The minimum Gasteiger partial charge on any atom is -0.371 e. The first kappa shape index (κ1) is 15.7. The Balaban J connectivity index is 1.52. The highest BCUT2D eigenvalue weighted by Gasteiger charge is 2.49. The van der Waals surface area contributed by atoms with Gasteiger partial charge in [-0.25, -0.2) is 17.8 Å². The number of sulfonamides is 1. The van der Waals surface area contributed by atoms with Crippen molar-refractivity contribution in [2.45, 2.75) is 24.3 Å². The van der Waals surface area contributed by atoms with Crippen molar-refractivity contribution < 1.29 is 17.9 Å². The topological polar surface area (TPSA) is 95.3 Å². The molecule has 0 spiro atoms. The van der Waals surface area contributed by atoms with Crippen LogP contribution in [0.5, 0.6) is 0 Å². The number of hydrogen-bond donors (Lipinski definition) is 1. The highest BCUT2D eigenvalue weighted by atomic mass is 32.2. The molecular weight excluding hydrogens is 332 g/mol. The number of aromatic nitrogens is 3. The Morgan fingerprint density at radius 2 is 1.92 bits per heavy atom. The molecule has 1 N–H and O–H groups in total. The van der Waals surface area contributed by atoms with E-state index in [4.69, 9.17) is 9.47 Å². The van der Waals surface area contributed by atoms with Gasteiger partial charge in [-0.1, -0.05) is 35.5 Å². The molecule has 0 amide bonds. The minimum absolute atomic E-state index is 0.119. The number of rotatable bonds is 4. The van der Waals surface area contributed by atoms with Gasteiger partial charge in [0.05, 0.1) is 31.7 Å². The molecule has 2 aliphatic heterocycles. The summed E-state index contributed by atoms with van der Waals surface area (Å²) in [4.78, 5) is 0. The van der Waals surface area contributed by atoms with E-state index in [0.717, 1.165) is 17.5 Å². The average molecular weight is 350 g/mol. The number of ether oxygens (including phenoxy) is 2. The molecule has 0 bridgehead atoms. The van der Waals surface area contributed by atoms with Crippen LogP contribution >= 0.6 is 0 Å². The number of nitrogens with one attached hydrogen (secondary N) is 1. The Labute approximate surface area is 139 Å². The Kier molecular flexibility index (Phi) is 3.87. The fourth-order valence-electron chi connectivity index (χ4n) is 3.26. The lowest BCUT2D eigenvalue weighted by Crippen LogP contribution is -2.43. The fraction of sp³-hybridized carbons (Fsp3) is 0.467. The third kappa shape index (κ3) is 2.95. The molecule has 9 heteroatoms. The first-order chi connectivity index (χ1) is 11.5. The van der Waals surface area contributed by atoms with Gasteiger partial charge in [0.15, 0.2) is 0 Å². The van der Waals surface area contributed by atoms with E-state index < -0.39 is 10.0 Å². The van der Waals surface area contributed by atoms with Gasteiger partial charge in [0.1, 0.15) is 23.9 Å². The van der Waals surface area contributed by atoms with E-state index in [1.54, 1.807) is 4.68 Å². The van der Waals surface area contributed by atoms with Crippen LogP contribution in [0.4, 0.5) is 0 Å². The molecule has 24 heavy (non-hydrogen) atoms. The first-order valence-electron chi connectivity index (χ1n) is 7.69. The molecule has 2 saturated heterocycles. The van der Waals surface area contributed by atoms with Gasteiger partial charge in [-0.3, -0.25) is 0 Å². The molecule has 0 saturated carbocycles. The lowest BCUT2D eigenvalue weighted by molar-refractivity contribution is 0.0624. The summed E-state index contributed by atoms with van der Waals surface area (Å²) in [6, 6.07) is 9.30. The zero-order valence-electron chi connectivity index (χ0n) is 13.1. The summed E-state index contributed by atoms with van der Waals surface area (Å²) in [6.45, 7) is 0.702. The van der Waals surface area contributed by atoms with E-state index in [2.05, 4.69) is 15.0 Å². The Hall–Kier alpha value is -1.81. The second-order valence-corrected chi connectivity index (χ2v) is 7.89. The zero-order valence-corrected chi connectivity index (χ0v) is 13.9. The fourth-order valence-corrected chi connectivity index (χ4v) is 4.01. The quantitative estimate of drug-likeness (QED) is 0.846. The van der Waals surface area contributed by atoms with Crippen molar-refractivity contribution in [2.75, 3.05) is 19.5 Å². The van der Waals surface area contributed by atoms with Gasteiger partial charge in [-0.05, 0) is 0 Å². The standard InChI is InChI=1S/C15H18N4O4S/c1-24(20,21)17-12-8-22-15-13(9-23-14(12)15)19-7-11(16-18-19)10-5-3-2-4-6-10/h2-7,12-15,17H,8-9H2,1H3/t12-,13-,14+,15+/m0/s1. The van der Waals surface area contributed by atoms with E-state index in [1.165, 1.54) is 0 Å². The summed E-state index contributed by atoms with van der Waals surface area (Å²) in [5.74, 6) is 0. The highest BCUT2D eigenvalue weighted by molar-refractivity contribution is 7.88. The predicted molar refractivity (Wildman–Crippen MR) is 85.7 cm³/mol. The molecule has 2 aliphatic rings. The van der Waals surface area contributed by atoms with Crippen LogP contribution in [-0.4, -0.2) is 61.1 Å². The van der Waals surface area contributed by atoms with Gasteiger partial charge in [0.2, 0.25) is 10.0 Å². The Bertz CT molecular complexity index is 823. The predicted octanol–water partition coefficient (Wildman–Crippen LogP) is 0.202. The molecule has 0 radical (unpaired) electrons.